The van der Waals surface area contributed by atoms with E-state index in [1.807, 2.05) is 12.3 Å². The van der Waals surface area contributed by atoms with Crippen molar-refractivity contribution in [3.63, 3.8) is 0 Å². The minimum absolute atomic E-state index is 0.171. The van der Waals surface area contributed by atoms with Crippen LogP contribution < -0.4 is 5.32 Å². The van der Waals surface area contributed by atoms with Gasteiger partial charge in [-0.1, -0.05) is 52.0 Å². The van der Waals surface area contributed by atoms with E-state index in [9.17, 15) is 0 Å². The van der Waals surface area contributed by atoms with Gasteiger partial charge in [0.1, 0.15) is 0 Å². The summed E-state index contributed by atoms with van der Waals surface area (Å²) in [5.41, 5.74) is 3.94. The van der Waals surface area contributed by atoms with Crippen molar-refractivity contribution in [2.24, 2.45) is 0 Å². The van der Waals surface area contributed by atoms with Gasteiger partial charge in [-0.25, -0.2) is 0 Å². The number of rotatable bonds is 4. The number of hydrogen-bond donors (Lipinski definition) is 1. The fourth-order valence-corrected chi connectivity index (χ4v) is 2.28. The van der Waals surface area contributed by atoms with E-state index in [2.05, 4.69) is 67.5 Å². The first kappa shape index (κ1) is 14.7. The number of hydrogen-bond acceptors (Lipinski definition) is 3. The predicted molar refractivity (Wildman–Crippen MR) is 82.7 cm³/mol. The van der Waals surface area contributed by atoms with Crippen LogP contribution in [0.2, 0.25) is 0 Å². The van der Waals surface area contributed by atoms with Crippen molar-refractivity contribution in [1.82, 2.24) is 15.5 Å². The smallest absolute Gasteiger partial charge is 0.0593 e. The average Bonchev–Trinajstić information content (AvgIpc) is 2.45. The summed E-state index contributed by atoms with van der Waals surface area (Å²) in [4.78, 5) is 0. The molecule has 0 aliphatic rings. The molecule has 0 aliphatic carbocycles. The monoisotopic (exact) mass is 269 g/mol. The van der Waals surface area contributed by atoms with Gasteiger partial charge in [0.2, 0.25) is 0 Å². The molecular formula is C17H23N3. The fourth-order valence-electron chi connectivity index (χ4n) is 2.28. The highest BCUT2D eigenvalue weighted by molar-refractivity contribution is 5.34. The molecule has 1 aromatic heterocycles. The summed E-state index contributed by atoms with van der Waals surface area (Å²) in [6.45, 7) is 9.73. The van der Waals surface area contributed by atoms with E-state index >= 15 is 0 Å². The van der Waals surface area contributed by atoms with Crippen LogP contribution in [0, 0.1) is 0 Å². The van der Waals surface area contributed by atoms with Gasteiger partial charge >= 0.3 is 0 Å². The summed E-state index contributed by atoms with van der Waals surface area (Å²) >= 11 is 0. The molecule has 2 aromatic rings. The zero-order chi connectivity index (χ0) is 14.6. The van der Waals surface area contributed by atoms with E-state index in [4.69, 9.17) is 0 Å². The second kappa shape index (κ2) is 6.14. The average molecular weight is 269 g/mol. The van der Waals surface area contributed by atoms with Gasteiger partial charge in [-0.15, -0.1) is 0 Å². The van der Waals surface area contributed by atoms with Crippen LogP contribution in [-0.2, 0) is 5.41 Å². The Morgan fingerprint density at radius 2 is 1.70 bits per heavy atom. The Balaban J connectivity index is 2.31. The molecule has 0 saturated carbocycles. The zero-order valence-electron chi connectivity index (χ0n) is 12.7. The van der Waals surface area contributed by atoms with Crippen molar-refractivity contribution in [3.05, 3.63) is 59.4 Å². The Bertz CT molecular complexity index is 526. The van der Waals surface area contributed by atoms with Crippen LogP contribution in [0.1, 0.15) is 50.4 Å². The molecule has 1 unspecified atom stereocenters. The molecule has 1 aromatic carbocycles. The quantitative estimate of drug-likeness (QED) is 0.923. The number of nitrogens with one attached hydrogen (secondary N) is 1. The molecule has 1 atom stereocenters. The van der Waals surface area contributed by atoms with Crippen molar-refractivity contribution in [2.45, 2.75) is 39.2 Å². The number of aromatic nitrogens is 2. The molecule has 3 heteroatoms. The van der Waals surface area contributed by atoms with E-state index in [-0.39, 0.29) is 11.5 Å². The minimum Gasteiger partial charge on any atom is -0.306 e. The number of nitrogens with zero attached hydrogens (tertiary/aromatic N) is 2. The Labute approximate surface area is 121 Å². The normalized spacial score (nSPS) is 13.2. The van der Waals surface area contributed by atoms with Gasteiger partial charge in [-0.3, -0.25) is 0 Å². The van der Waals surface area contributed by atoms with Gasteiger partial charge in [0, 0.05) is 6.20 Å². The highest BCUT2D eigenvalue weighted by Gasteiger charge is 2.16. The minimum atomic E-state index is 0.171. The molecule has 106 valence electrons. The van der Waals surface area contributed by atoms with Crippen molar-refractivity contribution in [2.75, 3.05) is 6.54 Å². The summed E-state index contributed by atoms with van der Waals surface area (Å²) in [6, 6.07) is 11.0. The third-order valence-corrected chi connectivity index (χ3v) is 3.46. The molecule has 0 saturated heterocycles. The molecule has 1 heterocycles. The molecule has 20 heavy (non-hydrogen) atoms. The molecule has 0 fully saturated rings. The van der Waals surface area contributed by atoms with Gasteiger partial charge in [0.25, 0.3) is 0 Å². The van der Waals surface area contributed by atoms with Crippen LogP contribution in [0.5, 0.6) is 0 Å². The van der Waals surface area contributed by atoms with Gasteiger partial charge in [0.05, 0.1) is 12.2 Å². The van der Waals surface area contributed by atoms with Crippen molar-refractivity contribution < 1.29 is 0 Å². The topological polar surface area (TPSA) is 37.8 Å². The van der Waals surface area contributed by atoms with E-state index in [0.29, 0.717) is 0 Å². The van der Waals surface area contributed by atoms with Crippen LogP contribution >= 0.6 is 0 Å². The lowest BCUT2D eigenvalue weighted by Gasteiger charge is -2.22. The molecule has 0 bridgehead atoms. The summed E-state index contributed by atoms with van der Waals surface area (Å²) in [5.74, 6) is 0. The Kier molecular flexibility index (Phi) is 4.50. The Hall–Kier alpha value is -1.74. The van der Waals surface area contributed by atoms with Crippen molar-refractivity contribution in [3.8, 4) is 0 Å². The predicted octanol–water partition coefficient (Wildman–Crippen LogP) is 3.47. The maximum absolute atomic E-state index is 3.98. The van der Waals surface area contributed by atoms with Crippen LogP contribution in [-0.4, -0.2) is 16.7 Å². The second-order valence-corrected chi connectivity index (χ2v) is 6.04. The summed E-state index contributed by atoms with van der Waals surface area (Å²) in [7, 11) is 0. The molecular weight excluding hydrogens is 246 g/mol. The first-order valence-corrected chi connectivity index (χ1v) is 7.13. The van der Waals surface area contributed by atoms with Gasteiger partial charge in [-0.05, 0) is 34.7 Å². The molecule has 3 nitrogen and oxygen atoms in total. The van der Waals surface area contributed by atoms with Gasteiger partial charge in [-0.2, -0.15) is 10.2 Å². The van der Waals surface area contributed by atoms with Crippen LogP contribution in [0.25, 0.3) is 0 Å². The van der Waals surface area contributed by atoms with E-state index in [1.54, 1.807) is 6.20 Å². The third-order valence-electron chi connectivity index (χ3n) is 3.46. The van der Waals surface area contributed by atoms with Crippen LogP contribution in [0.4, 0.5) is 0 Å². The van der Waals surface area contributed by atoms with Gasteiger partial charge < -0.3 is 5.32 Å². The lowest BCUT2D eigenvalue weighted by molar-refractivity contribution is 0.587. The van der Waals surface area contributed by atoms with Gasteiger partial charge in [0.15, 0.2) is 0 Å². The second-order valence-electron chi connectivity index (χ2n) is 6.04. The molecule has 1 N–H and O–H groups in total. The number of benzene rings is 1. The third kappa shape index (κ3) is 3.42. The maximum atomic E-state index is 3.98. The molecule has 0 aliphatic heterocycles. The molecule has 2 rings (SSSR count). The highest BCUT2D eigenvalue weighted by Crippen LogP contribution is 2.26. The van der Waals surface area contributed by atoms with E-state index in [0.717, 1.165) is 12.1 Å². The van der Waals surface area contributed by atoms with Crippen molar-refractivity contribution >= 4 is 0 Å². The maximum Gasteiger partial charge on any atom is 0.0593 e. The first-order chi connectivity index (χ1) is 9.52. The fraction of sp³-hybridized carbons (Fsp3) is 0.412. The highest BCUT2D eigenvalue weighted by atomic mass is 15.1. The lowest BCUT2D eigenvalue weighted by atomic mass is 9.86. The Morgan fingerprint density at radius 3 is 2.20 bits per heavy atom. The van der Waals surface area contributed by atoms with Crippen molar-refractivity contribution in [1.29, 1.82) is 0 Å². The van der Waals surface area contributed by atoms with E-state index < -0.39 is 0 Å². The zero-order valence-corrected chi connectivity index (χ0v) is 12.7. The first-order valence-electron chi connectivity index (χ1n) is 7.13. The lowest BCUT2D eigenvalue weighted by Crippen LogP contribution is -2.22. The summed E-state index contributed by atoms with van der Waals surface area (Å²) in [6.07, 6.45) is 3.56. The summed E-state index contributed by atoms with van der Waals surface area (Å²) < 4.78 is 0. The summed E-state index contributed by atoms with van der Waals surface area (Å²) in [5, 5.41) is 11.3. The standard InChI is InChI=1S/C17H23N3/c1-5-18-16(14-10-11-19-20-12-14)13-6-8-15(9-7-13)17(2,3)4/h6-12,16,18H,5H2,1-4H3. The van der Waals surface area contributed by atoms with Crippen LogP contribution in [0.15, 0.2) is 42.7 Å². The molecule has 0 spiro atoms. The largest absolute Gasteiger partial charge is 0.306 e. The van der Waals surface area contributed by atoms with E-state index in [1.165, 1.54) is 11.1 Å². The SMILES string of the molecule is CCNC(c1ccc(C(C)(C)C)cc1)c1ccnnc1. The molecule has 0 amide bonds. The Morgan fingerprint density at radius 1 is 1.00 bits per heavy atom. The molecule has 0 radical (unpaired) electrons. The van der Waals surface area contributed by atoms with Crippen LogP contribution in [0.3, 0.4) is 0 Å².